The zero-order valence-corrected chi connectivity index (χ0v) is 26.3. The van der Waals surface area contributed by atoms with Crippen molar-refractivity contribution < 1.29 is 0 Å². The smallest absolute Gasteiger partial charge is 0.0345 e. The normalized spacial score (nSPS) is 21.5. The van der Waals surface area contributed by atoms with Crippen molar-refractivity contribution in [3.8, 4) is 11.1 Å². The minimum Gasteiger partial charge on any atom is -0.382 e. The first kappa shape index (κ1) is 30.5. The summed E-state index contributed by atoms with van der Waals surface area (Å²) in [4.78, 5) is 0. The van der Waals surface area contributed by atoms with Crippen LogP contribution in [0.4, 0.5) is 11.4 Å². The van der Waals surface area contributed by atoms with Crippen molar-refractivity contribution in [3.63, 3.8) is 0 Å². The first-order chi connectivity index (χ1) is 20.3. The fourth-order valence-electron chi connectivity index (χ4n) is 7.83. The van der Waals surface area contributed by atoms with E-state index in [9.17, 15) is 0 Å². The van der Waals surface area contributed by atoms with Crippen LogP contribution in [0.3, 0.4) is 0 Å². The van der Waals surface area contributed by atoms with Gasteiger partial charge in [0.25, 0.3) is 0 Å². The zero-order valence-electron chi connectivity index (χ0n) is 26.3. The molecule has 0 amide bonds. The van der Waals surface area contributed by atoms with Gasteiger partial charge in [0.1, 0.15) is 0 Å². The molecule has 41 heavy (non-hydrogen) atoms. The summed E-state index contributed by atoms with van der Waals surface area (Å²) in [6.45, 7) is 0. The first-order valence-corrected chi connectivity index (χ1v) is 18.1. The van der Waals surface area contributed by atoms with Crippen molar-refractivity contribution in [1.82, 2.24) is 0 Å². The monoisotopic (exact) mass is 556 g/mol. The molecule has 2 fully saturated rings. The first-order valence-electron chi connectivity index (χ1n) is 18.1. The van der Waals surface area contributed by atoms with E-state index in [-0.39, 0.29) is 0 Å². The van der Waals surface area contributed by atoms with Gasteiger partial charge in [0, 0.05) is 23.5 Å². The van der Waals surface area contributed by atoms with Gasteiger partial charge in [-0.2, -0.15) is 0 Å². The van der Waals surface area contributed by atoms with Crippen LogP contribution in [0.15, 0.2) is 36.4 Å². The number of anilines is 2. The number of hydrogen-bond donors (Lipinski definition) is 2. The van der Waals surface area contributed by atoms with Crippen LogP contribution in [-0.4, -0.2) is 12.1 Å². The fourth-order valence-corrected chi connectivity index (χ4v) is 7.83. The molecule has 226 valence electrons. The maximum Gasteiger partial charge on any atom is 0.0345 e. The van der Waals surface area contributed by atoms with Crippen LogP contribution in [0.1, 0.15) is 165 Å². The van der Waals surface area contributed by atoms with Crippen LogP contribution in [0.2, 0.25) is 0 Å². The summed E-state index contributed by atoms with van der Waals surface area (Å²) in [5.74, 6) is 0. The van der Waals surface area contributed by atoms with Gasteiger partial charge >= 0.3 is 0 Å². The van der Waals surface area contributed by atoms with Gasteiger partial charge in [0.05, 0.1) is 0 Å². The Kier molecular flexibility index (Phi) is 12.8. The van der Waals surface area contributed by atoms with Crippen molar-refractivity contribution >= 4 is 11.4 Å². The molecule has 0 aromatic heterocycles. The summed E-state index contributed by atoms with van der Waals surface area (Å²) in [7, 11) is 0. The van der Waals surface area contributed by atoms with Crippen LogP contribution >= 0.6 is 0 Å². The number of hydrogen-bond acceptors (Lipinski definition) is 2. The van der Waals surface area contributed by atoms with Crippen LogP contribution < -0.4 is 10.6 Å². The molecule has 0 heterocycles. The molecule has 3 aliphatic rings. The minimum absolute atomic E-state index is 0.628. The van der Waals surface area contributed by atoms with Gasteiger partial charge in [0.2, 0.25) is 0 Å². The highest BCUT2D eigenvalue weighted by Gasteiger charge is 2.20. The van der Waals surface area contributed by atoms with Gasteiger partial charge in [-0.05, 0) is 78.6 Å². The average molecular weight is 557 g/mol. The average Bonchev–Trinajstić information content (AvgIpc) is 3.35. The highest BCUT2D eigenvalue weighted by molar-refractivity contribution is 5.80. The third kappa shape index (κ3) is 10.1. The molecule has 0 radical (unpaired) electrons. The lowest BCUT2D eigenvalue weighted by Crippen LogP contribution is -2.19. The summed E-state index contributed by atoms with van der Waals surface area (Å²) in [5.41, 5.74) is 8.60. The summed E-state index contributed by atoms with van der Waals surface area (Å²) >= 11 is 0. The molecule has 5 rings (SSSR count). The second-order valence-corrected chi connectivity index (χ2v) is 13.8. The van der Waals surface area contributed by atoms with Gasteiger partial charge in [-0.3, -0.25) is 0 Å². The Balaban J connectivity index is 1.17. The van der Waals surface area contributed by atoms with Gasteiger partial charge in [-0.15, -0.1) is 0 Å². The molecule has 2 N–H and O–H groups in total. The quantitative estimate of drug-likeness (QED) is 0.334. The molecular weight excluding hydrogens is 496 g/mol. The van der Waals surface area contributed by atoms with Crippen LogP contribution in [0.5, 0.6) is 0 Å². The number of fused-ring (bicyclic) bond motifs is 3. The predicted molar refractivity (Wildman–Crippen MR) is 180 cm³/mol. The van der Waals surface area contributed by atoms with E-state index in [1.165, 1.54) is 188 Å². The van der Waals surface area contributed by atoms with E-state index in [2.05, 4.69) is 47.0 Å². The number of benzene rings is 2. The standard InChI is InChI=1S/C39H60N2/c1-2-6-10-14-18-22-34(21-17-13-9-5-1)40-36-25-27-38-32(30-36)29-33-31-37(26-28-39(33)38)41-35-23-19-15-11-7-3-4-8-12-16-20-24-35/h25-28,30-31,34-35,40-41H,1-24,29H2. The molecule has 2 nitrogen and oxygen atoms in total. The van der Waals surface area contributed by atoms with E-state index in [1.54, 1.807) is 0 Å². The van der Waals surface area contributed by atoms with E-state index in [0.29, 0.717) is 12.1 Å². The Morgan fingerprint density at radius 3 is 0.976 bits per heavy atom. The lowest BCUT2D eigenvalue weighted by Gasteiger charge is -2.21. The van der Waals surface area contributed by atoms with E-state index < -0.39 is 0 Å². The van der Waals surface area contributed by atoms with Crippen LogP contribution in [0, 0.1) is 0 Å². The molecule has 2 heteroatoms. The van der Waals surface area contributed by atoms with Gasteiger partial charge in [-0.25, -0.2) is 0 Å². The molecule has 0 aliphatic heterocycles. The Bertz CT molecular complexity index is 917. The van der Waals surface area contributed by atoms with E-state index in [4.69, 9.17) is 0 Å². The molecule has 2 aromatic rings. The summed E-state index contributed by atoms with van der Waals surface area (Å²) < 4.78 is 0. The summed E-state index contributed by atoms with van der Waals surface area (Å²) in [5, 5.41) is 7.98. The van der Waals surface area contributed by atoms with Gasteiger partial charge < -0.3 is 10.6 Å². The highest BCUT2D eigenvalue weighted by atomic mass is 14.9. The van der Waals surface area contributed by atoms with Crippen LogP contribution in [0.25, 0.3) is 11.1 Å². The third-order valence-corrected chi connectivity index (χ3v) is 10.3. The minimum atomic E-state index is 0.628. The maximum absolute atomic E-state index is 3.99. The second-order valence-electron chi connectivity index (χ2n) is 13.8. The molecule has 2 aromatic carbocycles. The lowest BCUT2D eigenvalue weighted by molar-refractivity contribution is 0.520. The molecule has 0 unspecified atom stereocenters. The molecule has 0 bridgehead atoms. The lowest BCUT2D eigenvalue weighted by atomic mass is 10.00. The molecule has 3 aliphatic carbocycles. The van der Waals surface area contributed by atoms with E-state index in [0.717, 1.165) is 6.42 Å². The van der Waals surface area contributed by atoms with Crippen molar-refractivity contribution in [1.29, 1.82) is 0 Å². The van der Waals surface area contributed by atoms with E-state index in [1.807, 2.05) is 0 Å². The second kappa shape index (κ2) is 17.2. The summed E-state index contributed by atoms with van der Waals surface area (Å²) in [6.07, 6.45) is 34.9. The van der Waals surface area contributed by atoms with Crippen molar-refractivity contribution in [2.75, 3.05) is 10.6 Å². The van der Waals surface area contributed by atoms with Gasteiger partial charge in [-0.1, -0.05) is 141 Å². The molecule has 2 saturated carbocycles. The largest absolute Gasteiger partial charge is 0.382 e. The number of rotatable bonds is 4. The molecular formula is C39H60N2. The molecule has 0 atom stereocenters. The predicted octanol–water partition coefficient (Wildman–Crippen LogP) is 12.2. The molecule has 0 spiro atoms. The highest BCUT2D eigenvalue weighted by Crippen LogP contribution is 2.39. The SMILES string of the molecule is c1cc2c(cc1NC1CCCCCCCCCCCC1)Cc1cc(NC3CCCCCCCCCCCC3)ccc1-2. The Hall–Kier alpha value is -1.96. The Morgan fingerprint density at radius 2 is 0.659 bits per heavy atom. The fraction of sp³-hybridized carbons (Fsp3) is 0.692. The Morgan fingerprint density at radius 1 is 0.366 bits per heavy atom. The third-order valence-electron chi connectivity index (χ3n) is 10.3. The van der Waals surface area contributed by atoms with Crippen LogP contribution in [-0.2, 0) is 6.42 Å². The maximum atomic E-state index is 3.99. The topological polar surface area (TPSA) is 24.1 Å². The van der Waals surface area contributed by atoms with E-state index >= 15 is 0 Å². The summed E-state index contributed by atoms with van der Waals surface area (Å²) in [6, 6.07) is 15.7. The Labute approximate surface area is 252 Å². The number of nitrogens with one attached hydrogen (secondary N) is 2. The van der Waals surface area contributed by atoms with Crippen molar-refractivity contribution in [2.45, 2.75) is 173 Å². The van der Waals surface area contributed by atoms with Gasteiger partial charge in [0.15, 0.2) is 0 Å². The zero-order chi connectivity index (χ0) is 28.0. The molecule has 0 saturated heterocycles. The van der Waals surface area contributed by atoms with Crippen molar-refractivity contribution in [3.05, 3.63) is 47.5 Å². The van der Waals surface area contributed by atoms with Crippen molar-refractivity contribution in [2.24, 2.45) is 0 Å².